The summed E-state index contributed by atoms with van der Waals surface area (Å²) in [5, 5.41) is 8.47. The molecule has 0 radical (unpaired) electrons. The minimum atomic E-state index is -2.76. The molecular weight excluding hydrogens is 224 g/mol. The van der Waals surface area contributed by atoms with Gasteiger partial charge < -0.3 is 0 Å². The molecule has 0 aliphatic carbocycles. The first-order valence-corrected chi connectivity index (χ1v) is 4.37. The molecule has 0 unspecified atom stereocenters. The molecule has 0 aromatic heterocycles. The van der Waals surface area contributed by atoms with Gasteiger partial charge >= 0.3 is 0 Å². The first kappa shape index (κ1) is 11.6. The molecule has 0 aliphatic rings. The minimum Gasteiger partial charge on any atom is -0.294 e. The number of alkyl halides is 2. The summed E-state index contributed by atoms with van der Waals surface area (Å²) in [5.41, 5.74) is -0.452. The molecule has 78 valence electrons. The van der Waals surface area contributed by atoms with Gasteiger partial charge in [0, 0.05) is 11.1 Å². The number of nitrogens with zero attached hydrogens (tertiary/aromatic N) is 1. The number of nitriles is 1. The second-order valence-corrected chi connectivity index (χ2v) is 3.30. The molecule has 0 bridgehead atoms. The highest BCUT2D eigenvalue weighted by atomic mass is 35.5. The molecule has 1 aromatic rings. The molecule has 2 nitrogen and oxygen atoms in total. The van der Waals surface area contributed by atoms with Crippen molar-refractivity contribution in [3.63, 3.8) is 0 Å². The van der Waals surface area contributed by atoms with E-state index in [1.807, 2.05) is 0 Å². The van der Waals surface area contributed by atoms with Gasteiger partial charge in [-0.25, -0.2) is 8.78 Å². The summed E-state index contributed by atoms with van der Waals surface area (Å²) in [6.07, 6.45) is -2.76. The van der Waals surface area contributed by atoms with Gasteiger partial charge in [0.2, 0.25) is 0 Å². The Bertz CT molecular complexity index is 451. The van der Waals surface area contributed by atoms with Crippen LogP contribution in [0.3, 0.4) is 0 Å². The highest BCUT2D eigenvalue weighted by molar-refractivity contribution is 6.31. The van der Waals surface area contributed by atoms with Gasteiger partial charge in [0.05, 0.1) is 16.7 Å². The van der Waals surface area contributed by atoms with Gasteiger partial charge in [-0.2, -0.15) is 5.26 Å². The number of ketones is 1. The lowest BCUT2D eigenvalue weighted by Crippen LogP contribution is -1.99. The maximum absolute atomic E-state index is 12.4. The number of halogens is 3. The van der Waals surface area contributed by atoms with Crippen LogP contribution in [0.5, 0.6) is 0 Å². The van der Waals surface area contributed by atoms with Crippen LogP contribution < -0.4 is 0 Å². The maximum Gasteiger partial charge on any atom is 0.265 e. The summed E-state index contributed by atoms with van der Waals surface area (Å²) in [4.78, 5) is 11.1. The van der Waals surface area contributed by atoms with Crippen molar-refractivity contribution < 1.29 is 13.6 Å². The normalized spacial score (nSPS) is 10.1. The summed E-state index contributed by atoms with van der Waals surface area (Å²) in [6, 6.07) is 3.74. The molecule has 0 saturated heterocycles. The quantitative estimate of drug-likeness (QED) is 0.730. The predicted molar refractivity (Wildman–Crippen MR) is 51.1 cm³/mol. The van der Waals surface area contributed by atoms with Gasteiger partial charge in [-0.15, -0.1) is 0 Å². The van der Waals surface area contributed by atoms with Crippen molar-refractivity contribution in [3.05, 3.63) is 33.8 Å². The molecular formula is C10H6ClF2NO. The molecule has 0 saturated carbocycles. The Morgan fingerprint density at radius 1 is 1.53 bits per heavy atom. The molecule has 5 heteroatoms. The largest absolute Gasteiger partial charge is 0.294 e. The van der Waals surface area contributed by atoms with Crippen LogP contribution in [0, 0.1) is 11.3 Å². The number of Topliss-reactive ketones (excluding diaryl/α,β-unsaturated/α-hetero) is 1. The van der Waals surface area contributed by atoms with E-state index in [4.69, 9.17) is 16.9 Å². The van der Waals surface area contributed by atoms with Crippen molar-refractivity contribution in [2.75, 3.05) is 0 Å². The van der Waals surface area contributed by atoms with Crippen LogP contribution >= 0.6 is 11.6 Å². The standard InChI is InChI=1S/C10H6ClF2NO/c1-5(15)7-3-9(11)8(10(12)13)2-6(7)4-14/h2-3,10H,1H3. The summed E-state index contributed by atoms with van der Waals surface area (Å²) in [6.45, 7) is 1.24. The molecule has 1 rings (SSSR count). The Kier molecular flexibility index (Phi) is 3.38. The molecule has 0 fully saturated rings. The average molecular weight is 230 g/mol. The highest BCUT2D eigenvalue weighted by Crippen LogP contribution is 2.29. The second kappa shape index (κ2) is 4.37. The fraction of sp³-hybridized carbons (Fsp3) is 0.200. The van der Waals surface area contributed by atoms with Crippen molar-refractivity contribution in [1.82, 2.24) is 0 Å². The third kappa shape index (κ3) is 2.31. The monoisotopic (exact) mass is 229 g/mol. The second-order valence-electron chi connectivity index (χ2n) is 2.89. The zero-order valence-corrected chi connectivity index (χ0v) is 8.48. The van der Waals surface area contributed by atoms with E-state index in [1.54, 1.807) is 6.07 Å². The van der Waals surface area contributed by atoms with E-state index in [9.17, 15) is 13.6 Å². The van der Waals surface area contributed by atoms with E-state index in [0.29, 0.717) is 0 Å². The highest BCUT2D eigenvalue weighted by Gasteiger charge is 2.17. The topological polar surface area (TPSA) is 40.9 Å². The van der Waals surface area contributed by atoms with Gasteiger partial charge in [0.25, 0.3) is 6.43 Å². The number of carbonyl (C=O) groups excluding carboxylic acids is 1. The lowest BCUT2D eigenvalue weighted by atomic mass is 10.0. The van der Waals surface area contributed by atoms with Crippen LogP contribution in [0.4, 0.5) is 8.78 Å². The van der Waals surface area contributed by atoms with Crippen molar-refractivity contribution in [2.24, 2.45) is 0 Å². The zero-order valence-electron chi connectivity index (χ0n) is 7.72. The van der Waals surface area contributed by atoms with E-state index in [2.05, 4.69) is 0 Å². The zero-order chi connectivity index (χ0) is 11.6. The average Bonchev–Trinajstić information content (AvgIpc) is 2.16. The van der Waals surface area contributed by atoms with Crippen LogP contribution in [0.2, 0.25) is 5.02 Å². The Hall–Kier alpha value is -1.47. The van der Waals surface area contributed by atoms with Crippen LogP contribution in [0.25, 0.3) is 0 Å². The van der Waals surface area contributed by atoms with Gasteiger partial charge in [0.1, 0.15) is 0 Å². The number of benzene rings is 1. The third-order valence-corrected chi connectivity index (χ3v) is 2.20. The number of hydrogen-bond acceptors (Lipinski definition) is 2. The Labute approximate surface area is 90.1 Å². The van der Waals surface area contributed by atoms with Crippen molar-refractivity contribution in [3.8, 4) is 6.07 Å². The fourth-order valence-electron chi connectivity index (χ4n) is 1.14. The van der Waals surface area contributed by atoms with E-state index >= 15 is 0 Å². The van der Waals surface area contributed by atoms with Gasteiger partial charge in [-0.05, 0) is 19.1 Å². The van der Waals surface area contributed by atoms with Crippen LogP contribution in [0.15, 0.2) is 12.1 Å². The molecule has 1 aromatic carbocycles. The molecule has 0 N–H and O–H groups in total. The van der Waals surface area contributed by atoms with Gasteiger partial charge in [-0.1, -0.05) is 11.6 Å². The number of carbonyl (C=O) groups is 1. The first-order chi connectivity index (χ1) is 6.97. The van der Waals surface area contributed by atoms with E-state index < -0.39 is 12.0 Å². The fourth-order valence-corrected chi connectivity index (χ4v) is 1.39. The summed E-state index contributed by atoms with van der Waals surface area (Å²) < 4.78 is 24.8. The predicted octanol–water partition coefficient (Wildman–Crippen LogP) is 3.35. The molecule has 0 amide bonds. The van der Waals surface area contributed by atoms with Crippen LogP contribution in [-0.2, 0) is 0 Å². The smallest absolute Gasteiger partial charge is 0.265 e. The number of hydrogen-bond donors (Lipinski definition) is 0. The SMILES string of the molecule is CC(=O)c1cc(Cl)c(C(F)F)cc1C#N. The van der Waals surface area contributed by atoms with E-state index in [-0.39, 0.29) is 21.9 Å². The molecule has 0 aliphatic heterocycles. The summed E-state index contributed by atoms with van der Waals surface area (Å²) in [5.74, 6) is -0.380. The van der Waals surface area contributed by atoms with Gasteiger partial charge in [0.15, 0.2) is 5.78 Å². The third-order valence-electron chi connectivity index (χ3n) is 1.87. The van der Waals surface area contributed by atoms with Crippen LogP contribution in [0.1, 0.15) is 34.8 Å². The van der Waals surface area contributed by atoms with Crippen molar-refractivity contribution >= 4 is 17.4 Å². The molecule has 15 heavy (non-hydrogen) atoms. The van der Waals surface area contributed by atoms with E-state index in [0.717, 1.165) is 12.1 Å². The lowest BCUT2D eigenvalue weighted by Gasteiger charge is -2.06. The molecule has 0 spiro atoms. The molecule has 0 heterocycles. The van der Waals surface area contributed by atoms with Crippen molar-refractivity contribution in [2.45, 2.75) is 13.3 Å². The Balaban J connectivity index is 3.44. The van der Waals surface area contributed by atoms with Crippen molar-refractivity contribution in [1.29, 1.82) is 5.26 Å². The molecule has 0 atom stereocenters. The summed E-state index contributed by atoms with van der Waals surface area (Å²) >= 11 is 5.56. The van der Waals surface area contributed by atoms with E-state index in [1.165, 1.54) is 6.92 Å². The Morgan fingerprint density at radius 3 is 2.53 bits per heavy atom. The Morgan fingerprint density at radius 2 is 2.13 bits per heavy atom. The first-order valence-electron chi connectivity index (χ1n) is 4.00. The minimum absolute atomic E-state index is 0.0619. The maximum atomic E-state index is 12.4. The number of rotatable bonds is 2. The van der Waals surface area contributed by atoms with Gasteiger partial charge in [-0.3, -0.25) is 4.79 Å². The lowest BCUT2D eigenvalue weighted by molar-refractivity contribution is 0.101. The van der Waals surface area contributed by atoms with Crippen LogP contribution in [-0.4, -0.2) is 5.78 Å². The summed E-state index contributed by atoms with van der Waals surface area (Å²) in [7, 11) is 0.